The number of esters is 1. The average molecular weight is 501 g/mol. The van der Waals surface area contributed by atoms with Crippen LogP contribution < -0.4 is 20.6 Å². The number of anilines is 1. The van der Waals surface area contributed by atoms with Gasteiger partial charge in [0.25, 0.3) is 0 Å². The van der Waals surface area contributed by atoms with Gasteiger partial charge in [0.15, 0.2) is 0 Å². The van der Waals surface area contributed by atoms with Crippen molar-refractivity contribution in [1.82, 2.24) is 0 Å². The van der Waals surface area contributed by atoms with Crippen molar-refractivity contribution in [3.63, 3.8) is 0 Å². The molecule has 38 heavy (non-hydrogen) atoms. The molecule has 0 unspecified atom stereocenters. The van der Waals surface area contributed by atoms with Gasteiger partial charge in [0.1, 0.15) is 18.1 Å². The van der Waals surface area contributed by atoms with Crippen molar-refractivity contribution >= 4 is 17.2 Å². The van der Waals surface area contributed by atoms with Crippen LogP contribution in [0.1, 0.15) is 51.0 Å². The number of carbonyl (C=O) groups is 1. The predicted octanol–water partition coefficient (Wildman–Crippen LogP) is 5.32. The Morgan fingerprint density at radius 2 is 1.71 bits per heavy atom. The van der Waals surface area contributed by atoms with E-state index in [-0.39, 0.29) is 12.6 Å². The maximum Gasteiger partial charge on any atom is 0.339 e. The monoisotopic (exact) mass is 500 g/mol. The smallest absolute Gasteiger partial charge is 0.339 e. The molecule has 5 heteroatoms. The Bertz CT molecular complexity index is 1690. The molecule has 4 aromatic carbocycles. The van der Waals surface area contributed by atoms with E-state index in [0.29, 0.717) is 5.56 Å². The average Bonchev–Trinajstić information content (AvgIpc) is 2.97. The summed E-state index contributed by atoms with van der Waals surface area (Å²) in [6.45, 7) is 2.03. The second kappa shape index (κ2) is 9.49. The Balaban J connectivity index is 1.42. The lowest BCUT2D eigenvalue weighted by Crippen LogP contribution is -2.26. The van der Waals surface area contributed by atoms with Gasteiger partial charge in [0, 0.05) is 47.3 Å². The number of nitrogens with zero attached hydrogens (tertiary/aromatic N) is 1. The van der Waals surface area contributed by atoms with E-state index in [0.717, 1.165) is 88.8 Å². The largest absolute Gasteiger partial charge is 0.457 e. The number of aryl methyl sites for hydroxylation is 2. The number of carbonyl (C=O) groups excluding carboxylic acids is 1. The van der Waals surface area contributed by atoms with Gasteiger partial charge in [-0.2, -0.15) is 0 Å². The molecule has 0 saturated heterocycles. The number of hydrogen-bond acceptors (Lipinski definition) is 5. The highest BCUT2D eigenvalue weighted by Gasteiger charge is 2.27. The number of nitrogens with one attached hydrogen (secondary N) is 1. The van der Waals surface area contributed by atoms with Gasteiger partial charge in [-0.3, -0.25) is 4.99 Å². The van der Waals surface area contributed by atoms with Crippen molar-refractivity contribution in [1.29, 1.82) is 0 Å². The summed E-state index contributed by atoms with van der Waals surface area (Å²) in [7, 11) is 0. The zero-order valence-corrected chi connectivity index (χ0v) is 21.1. The molecule has 0 amide bonds. The van der Waals surface area contributed by atoms with Crippen molar-refractivity contribution in [2.45, 2.75) is 32.3 Å². The molecular formula is C33H28N2O3. The molecule has 0 radical (unpaired) electrons. The van der Waals surface area contributed by atoms with Gasteiger partial charge in [-0.15, -0.1) is 0 Å². The molecule has 0 aromatic heterocycles. The van der Waals surface area contributed by atoms with E-state index in [1.807, 2.05) is 54.6 Å². The third-order valence-corrected chi connectivity index (χ3v) is 7.60. The van der Waals surface area contributed by atoms with E-state index in [4.69, 9.17) is 14.5 Å². The summed E-state index contributed by atoms with van der Waals surface area (Å²) in [6, 6.07) is 26.2. The number of fused-ring (bicyclic) bond motifs is 4. The predicted molar refractivity (Wildman–Crippen MR) is 147 cm³/mol. The fourth-order valence-corrected chi connectivity index (χ4v) is 5.72. The lowest BCUT2D eigenvalue weighted by Gasteiger charge is -2.27. The maximum atomic E-state index is 13.5. The highest BCUT2D eigenvalue weighted by molar-refractivity contribution is 5.99. The highest BCUT2D eigenvalue weighted by atomic mass is 16.5. The molecular weight excluding hydrogens is 472 g/mol. The van der Waals surface area contributed by atoms with E-state index >= 15 is 0 Å². The minimum absolute atomic E-state index is 0.230. The highest BCUT2D eigenvalue weighted by Crippen LogP contribution is 2.41. The Labute approximate surface area is 221 Å². The second-order valence-electron chi connectivity index (χ2n) is 10.1. The van der Waals surface area contributed by atoms with Crippen molar-refractivity contribution < 1.29 is 14.3 Å². The fourth-order valence-electron chi connectivity index (χ4n) is 5.72. The van der Waals surface area contributed by atoms with Crippen molar-refractivity contribution in [2.75, 3.05) is 18.4 Å². The van der Waals surface area contributed by atoms with Crippen LogP contribution in [0.5, 0.6) is 11.5 Å². The first kappa shape index (κ1) is 22.8. The van der Waals surface area contributed by atoms with Crippen LogP contribution in [-0.2, 0) is 24.2 Å². The first-order valence-corrected chi connectivity index (χ1v) is 13.4. The topological polar surface area (TPSA) is 59.9 Å². The second-order valence-corrected chi connectivity index (χ2v) is 10.1. The molecule has 4 aromatic rings. The van der Waals surface area contributed by atoms with Crippen LogP contribution in [0.2, 0.25) is 0 Å². The van der Waals surface area contributed by atoms with Crippen molar-refractivity contribution in [2.24, 2.45) is 4.99 Å². The van der Waals surface area contributed by atoms with Gasteiger partial charge >= 0.3 is 5.97 Å². The third kappa shape index (κ3) is 4.04. The van der Waals surface area contributed by atoms with E-state index in [9.17, 15) is 4.79 Å². The van der Waals surface area contributed by atoms with Gasteiger partial charge < -0.3 is 14.8 Å². The lowest BCUT2D eigenvalue weighted by atomic mass is 9.87. The molecule has 5 nitrogen and oxygen atoms in total. The normalized spacial score (nSPS) is 15.0. The Morgan fingerprint density at radius 3 is 2.63 bits per heavy atom. The first-order valence-electron chi connectivity index (χ1n) is 13.4. The Kier molecular flexibility index (Phi) is 5.69. The summed E-state index contributed by atoms with van der Waals surface area (Å²) in [5.74, 6) is 1.24. The summed E-state index contributed by atoms with van der Waals surface area (Å²) < 4.78 is 12.3. The van der Waals surface area contributed by atoms with E-state index in [2.05, 4.69) is 29.6 Å². The van der Waals surface area contributed by atoms with Crippen LogP contribution in [0.4, 0.5) is 5.69 Å². The van der Waals surface area contributed by atoms with Crippen LogP contribution in [0.3, 0.4) is 0 Å². The first-order chi connectivity index (χ1) is 18.7. The van der Waals surface area contributed by atoms with Gasteiger partial charge in [0.2, 0.25) is 0 Å². The van der Waals surface area contributed by atoms with Crippen molar-refractivity contribution in [3.05, 3.63) is 123 Å². The number of hydrogen-bond donors (Lipinski definition) is 1. The van der Waals surface area contributed by atoms with Crippen LogP contribution >= 0.6 is 0 Å². The zero-order chi connectivity index (χ0) is 25.5. The maximum absolute atomic E-state index is 13.5. The summed E-state index contributed by atoms with van der Waals surface area (Å²) in [5.41, 5.74) is 8.01. The molecule has 0 atom stereocenters. The van der Waals surface area contributed by atoms with Crippen LogP contribution in [0.15, 0.2) is 83.9 Å². The van der Waals surface area contributed by atoms with Crippen LogP contribution in [-0.4, -0.2) is 19.1 Å². The lowest BCUT2D eigenvalue weighted by molar-refractivity contribution is 0.0472. The quantitative estimate of drug-likeness (QED) is 0.339. The summed E-state index contributed by atoms with van der Waals surface area (Å²) >= 11 is 0. The molecule has 3 aliphatic rings. The molecule has 3 heterocycles. The number of rotatable bonds is 4. The minimum atomic E-state index is -0.334. The summed E-state index contributed by atoms with van der Waals surface area (Å²) in [4.78, 5) is 18.2. The molecule has 0 spiro atoms. The molecule has 188 valence electrons. The molecule has 1 N–H and O–H groups in total. The van der Waals surface area contributed by atoms with Crippen molar-refractivity contribution in [3.8, 4) is 11.5 Å². The Morgan fingerprint density at radius 1 is 0.868 bits per heavy atom. The van der Waals surface area contributed by atoms with Gasteiger partial charge in [-0.05, 0) is 66.1 Å². The number of ether oxygens (including phenoxy) is 2. The summed E-state index contributed by atoms with van der Waals surface area (Å²) in [6.07, 6.45) is 4.14. The molecule has 0 bridgehead atoms. The fraction of sp³-hybridized carbons (Fsp3) is 0.212. The number of benzene rings is 4. The van der Waals surface area contributed by atoms with Crippen LogP contribution in [0, 0.1) is 0 Å². The standard InChI is InChI=1S/C33H28N2O3/c36-33(37-20-21-8-2-1-3-9-21)25-13-5-4-12-24(25)32-26-16-22-10-6-14-34-28(22)18-30(26)38-31-19-29-23(17-27(31)32)11-7-15-35-29/h1-5,8-9,12-13,16-19,34H,6-7,10-11,14-15,20H2. The Hall–Kier alpha value is -4.38. The van der Waals surface area contributed by atoms with Gasteiger partial charge in [-0.1, -0.05) is 48.5 Å². The van der Waals surface area contributed by atoms with Gasteiger partial charge in [-0.25, -0.2) is 4.79 Å². The molecule has 0 saturated carbocycles. The third-order valence-electron chi connectivity index (χ3n) is 7.60. The minimum Gasteiger partial charge on any atom is -0.457 e. The molecule has 7 rings (SSSR count). The van der Waals surface area contributed by atoms with Gasteiger partial charge in [0.05, 0.1) is 10.9 Å². The van der Waals surface area contributed by atoms with E-state index in [1.54, 1.807) is 0 Å². The molecule has 0 aliphatic carbocycles. The molecule has 0 fully saturated rings. The zero-order valence-electron chi connectivity index (χ0n) is 21.1. The van der Waals surface area contributed by atoms with E-state index < -0.39 is 0 Å². The van der Waals surface area contributed by atoms with Crippen LogP contribution in [0.25, 0.3) is 5.57 Å². The summed E-state index contributed by atoms with van der Waals surface area (Å²) in [5, 5.41) is 5.53. The van der Waals surface area contributed by atoms with E-state index in [1.165, 1.54) is 11.1 Å². The SMILES string of the molecule is O=C(OCc1ccccc1)c1ccccc1C1=c2cc3c(cc2Oc2cc4c(cc21)CCCN4)=NCCC3. The molecule has 3 aliphatic heterocycles.